The number of aliphatic imine (C=N–C) groups is 1. The van der Waals surface area contributed by atoms with Crippen molar-refractivity contribution < 1.29 is 9.53 Å². The second kappa shape index (κ2) is 8.76. The molecular formula is C18H22N4O2. The van der Waals surface area contributed by atoms with Gasteiger partial charge in [-0.15, -0.1) is 0 Å². The molecule has 2 aromatic rings. The van der Waals surface area contributed by atoms with Crippen molar-refractivity contribution >= 4 is 11.7 Å². The number of hydrogen-bond donors (Lipinski definition) is 0. The number of carbonyl (C=O) groups is 1. The van der Waals surface area contributed by atoms with Gasteiger partial charge in [-0.05, 0) is 25.0 Å². The highest BCUT2D eigenvalue weighted by molar-refractivity contribution is 6.00. The van der Waals surface area contributed by atoms with Crippen molar-refractivity contribution in [2.75, 3.05) is 0 Å². The molecule has 0 aromatic carbocycles. The van der Waals surface area contributed by atoms with E-state index in [1.165, 1.54) is 6.92 Å². The summed E-state index contributed by atoms with van der Waals surface area (Å²) in [7, 11) is 0. The third kappa shape index (κ3) is 4.38. The summed E-state index contributed by atoms with van der Waals surface area (Å²) >= 11 is 0. The van der Waals surface area contributed by atoms with E-state index < -0.39 is 0 Å². The van der Waals surface area contributed by atoms with Crippen LogP contribution in [0.4, 0.5) is 0 Å². The molecule has 0 atom stereocenters. The molecule has 1 aliphatic rings. The summed E-state index contributed by atoms with van der Waals surface area (Å²) in [6.07, 6.45) is 9.19. The minimum absolute atomic E-state index is 0.108. The monoisotopic (exact) mass is 326 g/mol. The number of rotatable bonds is 4. The summed E-state index contributed by atoms with van der Waals surface area (Å²) in [4.78, 5) is 24.4. The molecule has 3 rings (SSSR count). The molecule has 2 aromatic heterocycles. The van der Waals surface area contributed by atoms with Gasteiger partial charge in [-0.1, -0.05) is 26.0 Å². The molecule has 0 spiro atoms. The highest BCUT2D eigenvalue weighted by Gasteiger charge is 2.16. The molecule has 0 amide bonds. The largest absolute Gasteiger partial charge is 0.444 e. The first-order valence-corrected chi connectivity index (χ1v) is 8.08. The molecule has 3 heterocycles. The second-order valence-electron chi connectivity index (χ2n) is 4.90. The predicted molar refractivity (Wildman–Crippen MR) is 93.5 cm³/mol. The van der Waals surface area contributed by atoms with Crippen molar-refractivity contribution in [2.45, 2.75) is 40.3 Å². The Balaban J connectivity index is 0.00000100. The van der Waals surface area contributed by atoms with E-state index in [0.717, 1.165) is 29.9 Å². The third-order valence-electron chi connectivity index (χ3n) is 3.26. The first kappa shape index (κ1) is 17.6. The summed E-state index contributed by atoms with van der Waals surface area (Å²) in [5.74, 6) is 0.328. The zero-order valence-corrected chi connectivity index (χ0v) is 14.3. The van der Waals surface area contributed by atoms with Gasteiger partial charge in [0.05, 0.1) is 5.71 Å². The van der Waals surface area contributed by atoms with Crippen LogP contribution in [0.15, 0.2) is 47.9 Å². The van der Waals surface area contributed by atoms with Crippen LogP contribution in [0.5, 0.6) is 0 Å². The molecule has 0 aliphatic carbocycles. The molecule has 0 bridgehead atoms. The van der Waals surface area contributed by atoms with Gasteiger partial charge >= 0.3 is 5.97 Å². The first-order chi connectivity index (χ1) is 11.7. The van der Waals surface area contributed by atoms with Crippen LogP contribution in [0.3, 0.4) is 0 Å². The molecule has 1 aliphatic heterocycles. The summed E-state index contributed by atoms with van der Waals surface area (Å²) in [6.45, 7) is 5.49. The minimum Gasteiger partial charge on any atom is -0.444 e. The van der Waals surface area contributed by atoms with E-state index in [1.807, 2.05) is 44.3 Å². The molecule has 0 N–H and O–H groups in total. The Morgan fingerprint density at radius 2 is 2.12 bits per heavy atom. The standard InChI is InChI=1S/C16H16N4O2.C2H6/c1-12(21)22-11-20-10-15(13-6-2-4-8-17-13)19-16(20)14-7-3-5-9-18-14;1-2/h3-5,7-10H,2,6,11H2,1H3;1-2H3. The van der Waals surface area contributed by atoms with E-state index in [1.54, 1.807) is 17.0 Å². The number of ether oxygens (including phenoxy) is 1. The van der Waals surface area contributed by atoms with Gasteiger partial charge in [-0.2, -0.15) is 0 Å². The summed E-state index contributed by atoms with van der Waals surface area (Å²) < 4.78 is 6.87. The SMILES string of the molecule is CC.CC(=O)OCn1cc(C2=NC=CCC2)nc1-c1ccccn1. The number of imidazole rings is 1. The Labute approximate surface area is 141 Å². The van der Waals surface area contributed by atoms with Crippen LogP contribution in [-0.4, -0.2) is 26.2 Å². The lowest BCUT2D eigenvalue weighted by Gasteiger charge is -2.06. The molecule has 0 unspecified atom stereocenters. The fourth-order valence-corrected chi connectivity index (χ4v) is 2.21. The maximum Gasteiger partial charge on any atom is 0.304 e. The highest BCUT2D eigenvalue weighted by Crippen LogP contribution is 2.19. The average Bonchev–Trinajstić information content (AvgIpc) is 3.07. The molecule has 6 nitrogen and oxygen atoms in total. The Morgan fingerprint density at radius 3 is 2.75 bits per heavy atom. The zero-order valence-electron chi connectivity index (χ0n) is 14.3. The maximum atomic E-state index is 11.1. The number of pyridine rings is 1. The molecule has 6 heteroatoms. The highest BCUT2D eigenvalue weighted by atomic mass is 16.5. The van der Waals surface area contributed by atoms with Gasteiger partial charge in [0.1, 0.15) is 11.4 Å². The van der Waals surface area contributed by atoms with E-state index in [9.17, 15) is 4.79 Å². The Kier molecular flexibility index (Phi) is 6.42. The lowest BCUT2D eigenvalue weighted by atomic mass is 10.1. The van der Waals surface area contributed by atoms with Crippen LogP contribution in [0, 0.1) is 0 Å². The molecule has 0 fully saturated rings. The van der Waals surface area contributed by atoms with Gasteiger partial charge in [0.2, 0.25) is 0 Å². The molecule has 0 radical (unpaired) electrons. The quantitative estimate of drug-likeness (QED) is 0.805. The summed E-state index contributed by atoms with van der Waals surface area (Å²) in [5, 5.41) is 0. The van der Waals surface area contributed by atoms with Crippen molar-refractivity contribution in [2.24, 2.45) is 4.99 Å². The van der Waals surface area contributed by atoms with Gasteiger partial charge in [-0.3, -0.25) is 19.3 Å². The Morgan fingerprint density at radius 1 is 1.29 bits per heavy atom. The third-order valence-corrected chi connectivity index (χ3v) is 3.26. The van der Waals surface area contributed by atoms with Crippen molar-refractivity contribution in [3.63, 3.8) is 0 Å². The number of allylic oxidation sites excluding steroid dienone is 1. The van der Waals surface area contributed by atoms with Gasteiger partial charge in [0, 0.05) is 25.5 Å². The maximum absolute atomic E-state index is 11.1. The van der Waals surface area contributed by atoms with E-state index in [0.29, 0.717) is 5.82 Å². The van der Waals surface area contributed by atoms with E-state index in [2.05, 4.69) is 15.0 Å². The Hall–Kier alpha value is -2.76. The van der Waals surface area contributed by atoms with Crippen LogP contribution >= 0.6 is 0 Å². The lowest BCUT2D eigenvalue weighted by Crippen LogP contribution is -2.07. The van der Waals surface area contributed by atoms with Crippen molar-refractivity contribution in [1.82, 2.24) is 14.5 Å². The van der Waals surface area contributed by atoms with Crippen molar-refractivity contribution in [3.05, 3.63) is 48.6 Å². The van der Waals surface area contributed by atoms with Crippen LogP contribution in [0.1, 0.15) is 39.3 Å². The van der Waals surface area contributed by atoms with Crippen molar-refractivity contribution in [3.8, 4) is 11.5 Å². The molecule has 24 heavy (non-hydrogen) atoms. The molecule has 0 saturated heterocycles. The molecule has 126 valence electrons. The number of aromatic nitrogens is 3. The van der Waals surface area contributed by atoms with Crippen LogP contribution in [0.2, 0.25) is 0 Å². The molecular weight excluding hydrogens is 304 g/mol. The van der Waals surface area contributed by atoms with Gasteiger partial charge < -0.3 is 4.74 Å². The first-order valence-electron chi connectivity index (χ1n) is 8.08. The van der Waals surface area contributed by atoms with Gasteiger partial charge in [-0.25, -0.2) is 4.98 Å². The molecule has 0 saturated carbocycles. The Bertz CT molecular complexity index is 733. The smallest absolute Gasteiger partial charge is 0.304 e. The van der Waals surface area contributed by atoms with Gasteiger partial charge in [0.25, 0.3) is 0 Å². The van der Waals surface area contributed by atoms with Crippen LogP contribution in [-0.2, 0) is 16.3 Å². The van der Waals surface area contributed by atoms with Crippen LogP contribution in [0.25, 0.3) is 11.5 Å². The second-order valence-corrected chi connectivity index (χ2v) is 4.90. The van der Waals surface area contributed by atoms with Gasteiger partial charge in [0.15, 0.2) is 12.6 Å². The topological polar surface area (TPSA) is 69.4 Å². The number of esters is 1. The fourth-order valence-electron chi connectivity index (χ4n) is 2.21. The summed E-state index contributed by atoms with van der Waals surface area (Å²) in [5.41, 5.74) is 2.45. The fraction of sp³-hybridized carbons (Fsp3) is 0.333. The summed E-state index contributed by atoms with van der Waals surface area (Å²) in [6, 6.07) is 5.62. The van der Waals surface area contributed by atoms with Crippen molar-refractivity contribution in [1.29, 1.82) is 0 Å². The normalized spacial score (nSPS) is 12.9. The zero-order chi connectivity index (χ0) is 17.4. The minimum atomic E-state index is -0.333. The number of nitrogens with zero attached hydrogens (tertiary/aromatic N) is 4. The van der Waals surface area contributed by atoms with E-state index in [4.69, 9.17) is 4.74 Å². The van der Waals surface area contributed by atoms with Crippen LogP contribution < -0.4 is 0 Å². The predicted octanol–water partition coefficient (Wildman–Crippen LogP) is 3.59. The number of carbonyl (C=O) groups excluding carboxylic acids is 1. The van der Waals surface area contributed by atoms with E-state index >= 15 is 0 Å². The lowest BCUT2D eigenvalue weighted by molar-refractivity contribution is -0.144. The number of hydrogen-bond acceptors (Lipinski definition) is 5. The van der Waals surface area contributed by atoms with E-state index in [-0.39, 0.29) is 12.7 Å². The average molecular weight is 326 g/mol.